The molecule has 0 heterocycles. The number of alkyl carbamates (subject to hydrolysis) is 1. The molecule has 2 aromatic carbocycles. The van der Waals surface area contributed by atoms with E-state index in [1.165, 1.54) is 0 Å². The van der Waals surface area contributed by atoms with Gasteiger partial charge >= 0.3 is 12.1 Å². The number of amides is 2. The van der Waals surface area contributed by atoms with Crippen LogP contribution < -0.4 is 10.6 Å². The zero-order chi connectivity index (χ0) is 22.9. The average molecular weight is 437 g/mol. The SMILES string of the molecule is CC(C)(CC(=O)NC(C(=O)O)C1CC1)NC(=O)OCC1c2ccccc2-c2ccccc21. The number of carbonyl (C=O) groups is 3. The van der Waals surface area contributed by atoms with E-state index in [1.807, 2.05) is 36.4 Å². The van der Waals surface area contributed by atoms with Gasteiger partial charge in [0.2, 0.25) is 5.91 Å². The molecule has 0 radical (unpaired) electrons. The van der Waals surface area contributed by atoms with Crippen LogP contribution in [0.2, 0.25) is 0 Å². The van der Waals surface area contributed by atoms with Crippen LogP contribution in [-0.4, -0.2) is 41.3 Å². The first kappa shape index (κ1) is 21.9. The molecule has 7 heteroatoms. The quantitative estimate of drug-likeness (QED) is 0.586. The van der Waals surface area contributed by atoms with E-state index in [0.717, 1.165) is 35.1 Å². The molecule has 2 amide bonds. The van der Waals surface area contributed by atoms with E-state index >= 15 is 0 Å². The summed E-state index contributed by atoms with van der Waals surface area (Å²) in [6.45, 7) is 3.60. The molecule has 2 aliphatic rings. The van der Waals surface area contributed by atoms with Crippen molar-refractivity contribution in [3.8, 4) is 11.1 Å². The van der Waals surface area contributed by atoms with Gasteiger partial charge in [0.1, 0.15) is 12.6 Å². The Labute approximate surface area is 187 Å². The van der Waals surface area contributed by atoms with E-state index in [1.54, 1.807) is 13.8 Å². The molecule has 1 atom stereocenters. The van der Waals surface area contributed by atoms with Gasteiger partial charge < -0.3 is 20.5 Å². The van der Waals surface area contributed by atoms with E-state index in [9.17, 15) is 19.5 Å². The molecule has 0 aliphatic heterocycles. The number of hydrogen-bond donors (Lipinski definition) is 3. The van der Waals surface area contributed by atoms with Gasteiger partial charge in [0, 0.05) is 17.9 Å². The minimum absolute atomic E-state index is 0.00495. The van der Waals surface area contributed by atoms with Crippen LogP contribution in [0.25, 0.3) is 11.1 Å². The smallest absolute Gasteiger partial charge is 0.407 e. The van der Waals surface area contributed by atoms with Gasteiger partial charge in [0.15, 0.2) is 0 Å². The zero-order valence-corrected chi connectivity index (χ0v) is 18.3. The zero-order valence-electron chi connectivity index (χ0n) is 18.3. The Hall–Kier alpha value is -3.35. The lowest BCUT2D eigenvalue weighted by molar-refractivity contribution is -0.142. The molecule has 2 aromatic rings. The highest BCUT2D eigenvalue weighted by Gasteiger charge is 2.38. The number of aliphatic carboxylic acids is 1. The van der Waals surface area contributed by atoms with Crippen LogP contribution in [0.1, 0.15) is 50.2 Å². The summed E-state index contributed by atoms with van der Waals surface area (Å²) in [7, 11) is 0. The predicted octanol–water partition coefficient (Wildman–Crippen LogP) is 3.67. The van der Waals surface area contributed by atoms with Crippen molar-refractivity contribution >= 4 is 18.0 Å². The van der Waals surface area contributed by atoms with E-state index in [-0.39, 0.29) is 24.9 Å². The summed E-state index contributed by atoms with van der Waals surface area (Å²) in [5, 5.41) is 14.6. The fourth-order valence-electron chi connectivity index (χ4n) is 4.39. The summed E-state index contributed by atoms with van der Waals surface area (Å²) < 4.78 is 5.55. The number of carboxylic acids is 1. The Morgan fingerprint density at radius 3 is 2.12 bits per heavy atom. The summed E-state index contributed by atoms with van der Waals surface area (Å²) in [6, 6.07) is 15.3. The Morgan fingerprint density at radius 2 is 1.59 bits per heavy atom. The summed E-state index contributed by atoms with van der Waals surface area (Å²) >= 11 is 0. The number of benzene rings is 2. The molecule has 3 N–H and O–H groups in total. The Kier molecular flexibility index (Phi) is 5.91. The molecule has 2 aliphatic carbocycles. The van der Waals surface area contributed by atoms with Gasteiger partial charge in [-0.3, -0.25) is 4.79 Å². The highest BCUT2D eigenvalue weighted by molar-refractivity contribution is 5.85. The average Bonchev–Trinajstić information content (AvgIpc) is 3.52. The second kappa shape index (κ2) is 8.65. The highest BCUT2D eigenvalue weighted by atomic mass is 16.5. The van der Waals surface area contributed by atoms with Crippen LogP contribution >= 0.6 is 0 Å². The molecule has 0 spiro atoms. The molecular formula is C25H28N2O5. The van der Waals surface area contributed by atoms with Crippen molar-refractivity contribution in [2.75, 3.05) is 6.61 Å². The van der Waals surface area contributed by atoms with Crippen molar-refractivity contribution in [2.45, 2.75) is 50.6 Å². The molecule has 0 aromatic heterocycles. The summed E-state index contributed by atoms with van der Waals surface area (Å²) in [4.78, 5) is 36.2. The molecule has 1 saturated carbocycles. The lowest BCUT2D eigenvalue weighted by Crippen LogP contribution is -2.50. The van der Waals surface area contributed by atoms with E-state index in [4.69, 9.17) is 4.74 Å². The molecule has 1 fully saturated rings. The van der Waals surface area contributed by atoms with Crippen LogP contribution in [0.3, 0.4) is 0 Å². The number of ether oxygens (including phenoxy) is 1. The third kappa shape index (κ3) is 4.77. The lowest BCUT2D eigenvalue weighted by atomic mass is 9.98. The van der Waals surface area contributed by atoms with Crippen LogP contribution in [0.4, 0.5) is 4.79 Å². The van der Waals surface area contributed by atoms with Gasteiger partial charge in [-0.25, -0.2) is 9.59 Å². The van der Waals surface area contributed by atoms with Crippen LogP contribution in [0, 0.1) is 5.92 Å². The highest BCUT2D eigenvalue weighted by Crippen LogP contribution is 2.44. The molecule has 4 rings (SSSR count). The minimum atomic E-state index is -1.02. The third-order valence-corrected chi connectivity index (χ3v) is 6.06. The van der Waals surface area contributed by atoms with E-state index in [0.29, 0.717) is 0 Å². The third-order valence-electron chi connectivity index (χ3n) is 6.06. The monoisotopic (exact) mass is 436 g/mol. The maximum Gasteiger partial charge on any atom is 0.407 e. The van der Waals surface area contributed by atoms with Crippen molar-refractivity contribution in [2.24, 2.45) is 5.92 Å². The fourth-order valence-corrected chi connectivity index (χ4v) is 4.39. The summed E-state index contributed by atoms with van der Waals surface area (Å²) in [5.41, 5.74) is 3.66. The number of carboxylic acid groups (broad SMARTS) is 1. The Bertz CT molecular complexity index is 999. The summed E-state index contributed by atoms with van der Waals surface area (Å²) in [5.74, 6) is -1.49. The number of nitrogens with one attached hydrogen (secondary N) is 2. The molecular weight excluding hydrogens is 408 g/mol. The van der Waals surface area contributed by atoms with Gasteiger partial charge in [0.25, 0.3) is 0 Å². The maximum absolute atomic E-state index is 12.5. The largest absolute Gasteiger partial charge is 0.480 e. The molecule has 7 nitrogen and oxygen atoms in total. The second-order valence-corrected chi connectivity index (χ2v) is 9.23. The standard InChI is InChI=1S/C25H28N2O5/c1-25(2,13-21(28)26-22(23(29)30)15-11-12-15)27-24(31)32-14-20-18-9-5-3-7-16(18)17-8-4-6-10-19(17)20/h3-10,15,20,22H,11-14H2,1-2H3,(H,26,28)(H,27,31)(H,29,30). The topological polar surface area (TPSA) is 105 Å². The number of hydrogen-bond acceptors (Lipinski definition) is 4. The molecule has 32 heavy (non-hydrogen) atoms. The number of rotatable bonds is 8. The van der Waals surface area contributed by atoms with E-state index < -0.39 is 29.6 Å². The minimum Gasteiger partial charge on any atom is -0.480 e. The first-order valence-corrected chi connectivity index (χ1v) is 10.9. The van der Waals surface area contributed by atoms with Gasteiger partial charge in [0.05, 0.1) is 0 Å². The Morgan fingerprint density at radius 1 is 1.03 bits per heavy atom. The van der Waals surface area contributed by atoms with Gasteiger partial charge in [-0.1, -0.05) is 48.5 Å². The van der Waals surface area contributed by atoms with Crippen molar-refractivity contribution in [3.05, 3.63) is 59.7 Å². The molecule has 0 saturated heterocycles. The van der Waals surface area contributed by atoms with Crippen molar-refractivity contribution in [1.29, 1.82) is 0 Å². The predicted molar refractivity (Wildman–Crippen MR) is 119 cm³/mol. The van der Waals surface area contributed by atoms with Gasteiger partial charge in [-0.05, 0) is 54.9 Å². The normalized spacial score (nSPS) is 15.9. The van der Waals surface area contributed by atoms with E-state index in [2.05, 4.69) is 22.8 Å². The first-order valence-electron chi connectivity index (χ1n) is 10.9. The lowest BCUT2D eigenvalue weighted by Gasteiger charge is -2.26. The van der Waals surface area contributed by atoms with Crippen LogP contribution in [-0.2, 0) is 14.3 Å². The number of carbonyl (C=O) groups excluding carboxylic acids is 2. The fraction of sp³-hybridized carbons (Fsp3) is 0.400. The van der Waals surface area contributed by atoms with Crippen LogP contribution in [0.15, 0.2) is 48.5 Å². The van der Waals surface area contributed by atoms with Crippen molar-refractivity contribution in [1.82, 2.24) is 10.6 Å². The van der Waals surface area contributed by atoms with Gasteiger partial charge in [-0.15, -0.1) is 0 Å². The summed E-state index contributed by atoms with van der Waals surface area (Å²) in [6.07, 6.45) is 0.951. The maximum atomic E-state index is 12.5. The van der Waals surface area contributed by atoms with Crippen molar-refractivity contribution in [3.63, 3.8) is 0 Å². The molecule has 1 unspecified atom stereocenters. The van der Waals surface area contributed by atoms with Crippen LogP contribution in [0.5, 0.6) is 0 Å². The second-order valence-electron chi connectivity index (χ2n) is 9.23. The molecule has 168 valence electrons. The molecule has 0 bridgehead atoms. The number of fused-ring (bicyclic) bond motifs is 3. The first-order chi connectivity index (χ1) is 15.2. The van der Waals surface area contributed by atoms with Crippen molar-refractivity contribution < 1.29 is 24.2 Å². The van der Waals surface area contributed by atoms with Gasteiger partial charge in [-0.2, -0.15) is 0 Å². The Balaban J connectivity index is 1.33.